The fourth-order valence-corrected chi connectivity index (χ4v) is 3.50. The van der Waals surface area contributed by atoms with Gasteiger partial charge in [0.25, 0.3) is 0 Å². The number of benzene rings is 2. The van der Waals surface area contributed by atoms with Gasteiger partial charge in [0, 0.05) is 39.7 Å². The molecule has 0 saturated heterocycles. The molecule has 0 unspecified atom stereocenters. The molecule has 5 nitrogen and oxygen atoms in total. The summed E-state index contributed by atoms with van der Waals surface area (Å²) in [6.45, 7) is 3.48. The van der Waals surface area contributed by atoms with Crippen LogP contribution >= 0.6 is 11.6 Å². The Morgan fingerprint density at radius 2 is 1.93 bits per heavy atom. The minimum Gasteiger partial charge on any atom is -0.484 e. The lowest BCUT2D eigenvalue weighted by atomic mass is 10.1. The highest BCUT2D eigenvalue weighted by Gasteiger charge is 2.17. The Balaban J connectivity index is 1.65. The molecule has 2 aromatic carbocycles. The lowest BCUT2D eigenvalue weighted by Gasteiger charge is -2.09. The summed E-state index contributed by atoms with van der Waals surface area (Å²) in [5.41, 5.74) is 2.98. The highest BCUT2D eigenvalue weighted by molar-refractivity contribution is 6.32. The van der Waals surface area contributed by atoms with Gasteiger partial charge >= 0.3 is 5.63 Å². The summed E-state index contributed by atoms with van der Waals surface area (Å²) in [4.78, 5) is 27.5. The molecule has 0 bridgehead atoms. The Labute approximate surface area is 159 Å². The number of Topliss-reactive ketones (excluding diaryl/α,β-unsaturated/α-hetero) is 1. The van der Waals surface area contributed by atoms with Gasteiger partial charge in [0.1, 0.15) is 11.3 Å². The van der Waals surface area contributed by atoms with Crippen LogP contribution in [0.2, 0.25) is 5.02 Å². The van der Waals surface area contributed by atoms with Crippen LogP contribution in [0.15, 0.2) is 51.7 Å². The molecule has 0 saturated carbocycles. The zero-order valence-corrected chi connectivity index (χ0v) is 15.5. The van der Waals surface area contributed by atoms with E-state index in [4.69, 9.17) is 20.8 Å². The number of carbonyl (C=O) groups excluding carboxylic acids is 1. The van der Waals surface area contributed by atoms with E-state index in [1.54, 1.807) is 19.1 Å². The molecule has 4 rings (SSSR count). The largest absolute Gasteiger partial charge is 0.484 e. The van der Waals surface area contributed by atoms with E-state index < -0.39 is 5.63 Å². The Kier molecular flexibility index (Phi) is 4.24. The van der Waals surface area contributed by atoms with E-state index >= 15 is 0 Å². The Bertz CT molecular complexity index is 1250. The number of aryl methyl sites for hydroxylation is 2. The van der Waals surface area contributed by atoms with E-state index in [-0.39, 0.29) is 12.4 Å². The van der Waals surface area contributed by atoms with Crippen LogP contribution in [0.4, 0.5) is 0 Å². The summed E-state index contributed by atoms with van der Waals surface area (Å²) >= 11 is 6.29. The number of H-pyrrole nitrogens is 1. The molecule has 1 N–H and O–H groups in total. The van der Waals surface area contributed by atoms with E-state index in [0.717, 1.165) is 27.5 Å². The van der Waals surface area contributed by atoms with Crippen molar-refractivity contribution in [1.29, 1.82) is 0 Å². The van der Waals surface area contributed by atoms with Crippen LogP contribution in [0.3, 0.4) is 0 Å². The van der Waals surface area contributed by atoms with Crippen molar-refractivity contribution in [1.82, 2.24) is 4.98 Å². The van der Waals surface area contributed by atoms with Crippen LogP contribution in [0.5, 0.6) is 5.75 Å². The van der Waals surface area contributed by atoms with Crippen molar-refractivity contribution in [2.24, 2.45) is 0 Å². The first-order valence-corrected chi connectivity index (χ1v) is 8.79. The Morgan fingerprint density at radius 1 is 1.15 bits per heavy atom. The zero-order valence-electron chi connectivity index (χ0n) is 14.8. The van der Waals surface area contributed by atoms with Gasteiger partial charge in [-0.25, -0.2) is 4.79 Å². The third-order valence-corrected chi connectivity index (χ3v) is 4.83. The third-order valence-electron chi connectivity index (χ3n) is 4.54. The Hall–Kier alpha value is -3.05. The monoisotopic (exact) mass is 381 g/mol. The second kappa shape index (κ2) is 6.59. The van der Waals surface area contributed by atoms with Gasteiger partial charge < -0.3 is 14.1 Å². The molecule has 2 heterocycles. The number of fused-ring (bicyclic) bond motifs is 2. The lowest BCUT2D eigenvalue weighted by Crippen LogP contribution is -2.12. The fourth-order valence-electron chi connectivity index (χ4n) is 3.28. The molecule has 2 aromatic heterocycles. The van der Waals surface area contributed by atoms with Crippen LogP contribution in [0, 0.1) is 13.8 Å². The summed E-state index contributed by atoms with van der Waals surface area (Å²) in [5.74, 6) is 0.135. The number of ether oxygens (including phenoxy) is 1. The maximum Gasteiger partial charge on any atom is 0.336 e. The van der Waals surface area contributed by atoms with E-state index in [2.05, 4.69) is 4.98 Å². The maximum atomic E-state index is 12.7. The van der Waals surface area contributed by atoms with Crippen LogP contribution in [-0.4, -0.2) is 17.4 Å². The van der Waals surface area contributed by atoms with Gasteiger partial charge in [-0.3, -0.25) is 4.79 Å². The van der Waals surface area contributed by atoms with E-state index in [1.165, 1.54) is 6.07 Å². The molecular formula is C21H16ClNO4. The molecule has 0 atom stereocenters. The highest BCUT2D eigenvalue weighted by Crippen LogP contribution is 2.31. The van der Waals surface area contributed by atoms with Crippen molar-refractivity contribution in [2.45, 2.75) is 13.8 Å². The van der Waals surface area contributed by atoms with Gasteiger partial charge in [0.2, 0.25) is 5.78 Å². The van der Waals surface area contributed by atoms with Crippen molar-refractivity contribution < 1.29 is 13.9 Å². The molecule has 0 radical (unpaired) electrons. The number of para-hydroxylation sites is 1. The molecule has 0 aliphatic heterocycles. The van der Waals surface area contributed by atoms with Crippen molar-refractivity contribution >= 4 is 39.3 Å². The van der Waals surface area contributed by atoms with Gasteiger partial charge in [0.05, 0.1) is 5.02 Å². The molecule has 27 heavy (non-hydrogen) atoms. The number of nitrogens with one attached hydrogen (secondary N) is 1. The van der Waals surface area contributed by atoms with E-state index in [0.29, 0.717) is 21.9 Å². The summed E-state index contributed by atoms with van der Waals surface area (Å²) in [6.07, 6.45) is 0. The van der Waals surface area contributed by atoms with E-state index in [1.807, 2.05) is 31.2 Å². The van der Waals surface area contributed by atoms with Gasteiger partial charge in [-0.05, 0) is 31.5 Å². The first-order valence-electron chi connectivity index (χ1n) is 8.41. The zero-order chi connectivity index (χ0) is 19.1. The van der Waals surface area contributed by atoms with E-state index in [9.17, 15) is 9.59 Å². The standard InChI is InChI=1S/C21H16ClNO4/c1-11-7-20(25)27-18-9-19(15(22)8-14(11)18)26-10-17(24)21-12(2)23-16-6-4-3-5-13(16)21/h3-9,23H,10H2,1-2H3. The normalized spacial score (nSPS) is 11.2. The molecule has 6 heteroatoms. The quantitative estimate of drug-likeness (QED) is 0.407. The second-order valence-electron chi connectivity index (χ2n) is 6.41. The molecule has 0 spiro atoms. The van der Waals surface area contributed by atoms with Crippen LogP contribution in [0.25, 0.3) is 21.9 Å². The summed E-state index contributed by atoms with van der Waals surface area (Å²) in [5, 5.41) is 1.93. The van der Waals surface area contributed by atoms with Crippen molar-refractivity contribution in [3.8, 4) is 5.75 Å². The number of hydrogen-bond donors (Lipinski definition) is 1. The molecule has 0 aliphatic carbocycles. The maximum absolute atomic E-state index is 12.7. The number of aromatic nitrogens is 1. The van der Waals surface area contributed by atoms with Crippen LogP contribution < -0.4 is 10.4 Å². The lowest BCUT2D eigenvalue weighted by molar-refractivity contribution is 0.0922. The minimum atomic E-state index is -0.446. The number of rotatable bonds is 4. The summed E-state index contributed by atoms with van der Waals surface area (Å²) in [7, 11) is 0. The number of carbonyl (C=O) groups is 1. The van der Waals surface area contributed by atoms with Crippen molar-refractivity contribution in [3.05, 3.63) is 74.7 Å². The SMILES string of the molecule is Cc1[nH]c2ccccc2c1C(=O)COc1cc2oc(=O)cc(C)c2cc1Cl. The van der Waals surface area contributed by atoms with Crippen molar-refractivity contribution in [2.75, 3.05) is 6.61 Å². The van der Waals surface area contributed by atoms with Crippen molar-refractivity contribution in [3.63, 3.8) is 0 Å². The molecule has 0 aliphatic rings. The first kappa shape index (κ1) is 17.4. The first-order chi connectivity index (χ1) is 12.9. The molecule has 136 valence electrons. The Morgan fingerprint density at radius 3 is 2.74 bits per heavy atom. The van der Waals surface area contributed by atoms with Crippen LogP contribution in [-0.2, 0) is 0 Å². The topological polar surface area (TPSA) is 72.3 Å². The number of halogens is 1. The number of aromatic amines is 1. The second-order valence-corrected chi connectivity index (χ2v) is 6.82. The number of hydrogen-bond acceptors (Lipinski definition) is 4. The predicted molar refractivity (Wildman–Crippen MR) is 105 cm³/mol. The summed E-state index contributed by atoms with van der Waals surface area (Å²) in [6, 6.07) is 12.2. The van der Waals surface area contributed by atoms with Gasteiger partial charge in [0.15, 0.2) is 6.61 Å². The fraction of sp³-hybridized carbons (Fsp3) is 0.143. The average molecular weight is 382 g/mol. The average Bonchev–Trinajstić information content (AvgIpc) is 2.96. The van der Waals surface area contributed by atoms with Gasteiger partial charge in [-0.1, -0.05) is 29.8 Å². The smallest absolute Gasteiger partial charge is 0.336 e. The molecule has 0 fully saturated rings. The van der Waals surface area contributed by atoms with Gasteiger partial charge in [-0.2, -0.15) is 0 Å². The molecule has 0 amide bonds. The third kappa shape index (κ3) is 3.11. The molecular weight excluding hydrogens is 366 g/mol. The minimum absolute atomic E-state index is 0.160. The summed E-state index contributed by atoms with van der Waals surface area (Å²) < 4.78 is 10.9. The van der Waals surface area contributed by atoms with Crippen LogP contribution in [0.1, 0.15) is 21.6 Å². The van der Waals surface area contributed by atoms with Gasteiger partial charge in [-0.15, -0.1) is 0 Å². The highest BCUT2D eigenvalue weighted by atomic mass is 35.5. The predicted octanol–water partition coefficient (Wildman–Crippen LogP) is 4.81. The number of ketones is 1. The molecule has 4 aromatic rings.